The average molecular weight is 602 g/mol. The second-order valence-corrected chi connectivity index (χ2v) is 9.62. The van der Waals surface area contributed by atoms with Crippen molar-refractivity contribution in [2.45, 2.75) is 25.3 Å². The maximum Gasteiger partial charge on any atom is 0.416 e. The lowest BCUT2D eigenvalue weighted by Gasteiger charge is -2.30. The predicted octanol–water partition coefficient (Wildman–Crippen LogP) is 5.72. The number of benzene rings is 2. The zero-order valence-corrected chi connectivity index (χ0v) is 21.7. The first-order valence-corrected chi connectivity index (χ1v) is 12.7. The van der Waals surface area contributed by atoms with Gasteiger partial charge in [-0.1, -0.05) is 0 Å². The highest BCUT2D eigenvalue weighted by molar-refractivity contribution is 6.02. The second kappa shape index (κ2) is 11.3. The molecule has 0 radical (unpaired) electrons. The molecule has 1 fully saturated rings. The minimum Gasteiger partial charge on any atom is -0.477 e. The molecule has 5 rings (SSSR count). The molecule has 224 valence electrons. The molecule has 0 spiro atoms. The molecule has 0 saturated carbocycles. The fourth-order valence-corrected chi connectivity index (χ4v) is 4.67. The van der Waals surface area contributed by atoms with Crippen LogP contribution in [0.3, 0.4) is 0 Å². The van der Waals surface area contributed by atoms with Crippen molar-refractivity contribution in [3.8, 4) is 17.1 Å². The number of amides is 1. The number of halogens is 8. The van der Waals surface area contributed by atoms with Gasteiger partial charge in [-0.15, -0.1) is 0 Å². The quantitative estimate of drug-likeness (QED) is 0.356. The van der Waals surface area contributed by atoms with Gasteiger partial charge in [-0.05, 0) is 42.3 Å². The lowest BCUT2D eigenvalue weighted by molar-refractivity contribution is -0.143. The van der Waals surface area contributed by atoms with Crippen LogP contribution in [0.4, 0.5) is 41.1 Å². The van der Waals surface area contributed by atoms with E-state index in [0.29, 0.717) is 44.5 Å². The van der Waals surface area contributed by atoms with Crippen LogP contribution in [0, 0.1) is 11.6 Å². The summed E-state index contributed by atoms with van der Waals surface area (Å²) in [5.74, 6) is -3.04. The van der Waals surface area contributed by atoms with Crippen molar-refractivity contribution >= 4 is 11.9 Å². The number of anilines is 1. The predicted molar refractivity (Wildman–Crippen MR) is 132 cm³/mol. The van der Waals surface area contributed by atoms with Gasteiger partial charge in [-0.25, -0.2) is 13.8 Å². The van der Waals surface area contributed by atoms with E-state index in [-0.39, 0.29) is 54.3 Å². The molecule has 15 heteroatoms. The summed E-state index contributed by atoms with van der Waals surface area (Å²) in [6.45, 7) is 0.616. The first kappa shape index (κ1) is 29.5. The minimum absolute atomic E-state index is 0.00164. The summed E-state index contributed by atoms with van der Waals surface area (Å²) in [6, 6.07) is 3.68. The van der Waals surface area contributed by atoms with Crippen LogP contribution < -0.4 is 9.64 Å². The molecule has 2 aliphatic rings. The highest BCUT2D eigenvalue weighted by Crippen LogP contribution is 2.38. The number of carbonyl (C=O) groups excluding carboxylic acids is 1. The Morgan fingerprint density at radius 2 is 1.50 bits per heavy atom. The number of hydrogen-bond acceptors (Lipinski definition) is 6. The van der Waals surface area contributed by atoms with E-state index in [1.807, 2.05) is 0 Å². The van der Waals surface area contributed by atoms with Crippen LogP contribution in [0.15, 0.2) is 36.4 Å². The summed E-state index contributed by atoms with van der Waals surface area (Å²) in [5.41, 5.74) is -4.38. The maximum absolute atomic E-state index is 15.0. The van der Waals surface area contributed by atoms with Gasteiger partial charge in [0.1, 0.15) is 17.2 Å². The average Bonchev–Trinajstić information content (AvgIpc) is 2.92. The fraction of sp³-hybridized carbons (Fsp3) is 0.370. The van der Waals surface area contributed by atoms with Crippen molar-refractivity contribution in [3.05, 3.63) is 70.3 Å². The van der Waals surface area contributed by atoms with E-state index in [1.54, 1.807) is 4.90 Å². The van der Waals surface area contributed by atoms with Gasteiger partial charge in [-0.3, -0.25) is 4.79 Å². The molecule has 2 aromatic carbocycles. The Morgan fingerprint density at radius 3 is 2.12 bits per heavy atom. The summed E-state index contributed by atoms with van der Waals surface area (Å²) in [4.78, 5) is 25.4. The standard InChI is InChI=1S/C27H22F8N4O3/c28-18-2-3-19(20(29)13-18)22-21-23(37-25(36-22)38-5-8-41-9-6-38)42-7-1-4-39(24(21)40)14-15-10-16(26(30,31)32)12-17(11-15)27(33,34)35/h2-3,10-13H,1,4-9,14H2. The largest absolute Gasteiger partial charge is 0.477 e. The summed E-state index contributed by atoms with van der Waals surface area (Å²) in [5, 5.41) is 0. The number of alkyl halides is 6. The molecule has 7 nitrogen and oxygen atoms in total. The summed E-state index contributed by atoms with van der Waals surface area (Å²) in [7, 11) is 0. The number of carbonyl (C=O) groups is 1. The van der Waals surface area contributed by atoms with Crippen LogP contribution in [0.5, 0.6) is 5.88 Å². The van der Waals surface area contributed by atoms with Gasteiger partial charge in [-0.2, -0.15) is 31.3 Å². The van der Waals surface area contributed by atoms with Gasteiger partial charge in [0, 0.05) is 37.8 Å². The number of hydrogen-bond donors (Lipinski definition) is 0. The number of ether oxygens (including phenoxy) is 2. The van der Waals surface area contributed by atoms with Crippen molar-refractivity contribution in [1.29, 1.82) is 0 Å². The third kappa shape index (κ3) is 6.25. The van der Waals surface area contributed by atoms with E-state index < -0.39 is 53.1 Å². The van der Waals surface area contributed by atoms with Crippen LogP contribution >= 0.6 is 0 Å². The topological polar surface area (TPSA) is 67.8 Å². The highest BCUT2D eigenvalue weighted by Gasteiger charge is 2.38. The number of morpholine rings is 1. The van der Waals surface area contributed by atoms with E-state index in [2.05, 4.69) is 9.97 Å². The Kier molecular flexibility index (Phi) is 7.96. The molecule has 0 atom stereocenters. The molecule has 0 unspecified atom stereocenters. The zero-order valence-electron chi connectivity index (χ0n) is 21.7. The lowest BCUT2D eigenvalue weighted by atomic mass is 10.0. The number of aromatic nitrogens is 2. The summed E-state index contributed by atoms with van der Waals surface area (Å²) >= 11 is 0. The van der Waals surface area contributed by atoms with E-state index >= 15 is 4.39 Å². The second-order valence-electron chi connectivity index (χ2n) is 9.62. The van der Waals surface area contributed by atoms with Crippen molar-refractivity contribution in [1.82, 2.24) is 14.9 Å². The molecule has 0 N–H and O–H groups in total. The van der Waals surface area contributed by atoms with Crippen LogP contribution in [0.25, 0.3) is 11.3 Å². The van der Waals surface area contributed by atoms with Gasteiger partial charge in [0.2, 0.25) is 11.8 Å². The SMILES string of the molecule is O=C1c2c(nc(N3CCOCC3)nc2-c2ccc(F)cc2F)OCCCN1Cc1cc(C(F)(F)F)cc(C(F)(F)F)c1. The van der Waals surface area contributed by atoms with Crippen LogP contribution in [-0.4, -0.2) is 60.2 Å². The van der Waals surface area contributed by atoms with Gasteiger partial charge in [0.15, 0.2) is 0 Å². The van der Waals surface area contributed by atoms with E-state index in [0.717, 1.165) is 17.0 Å². The number of rotatable bonds is 4. The van der Waals surface area contributed by atoms with Gasteiger partial charge in [0.05, 0.1) is 36.6 Å². The van der Waals surface area contributed by atoms with Gasteiger partial charge in [0.25, 0.3) is 5.91 Å². The van der Waals surface area contributed by atoms with Crippen LogP contribution in [-0.2, 0) is 23.6 Å². The molecule has 1 saturated heterocycles. The summed E-state index contributed by atoms with van der Waals surface area (Å²) in [6.07, 6.45) is -9.99. The zero-order chi connectivity index (χ0) is 30.2. The van der Waals surface area contributed by atoms with E-state index in [1.165, 1.54) is 0 Å². The van der Waals surface area contributed by atoms with Crippen molar-refractivity contribution in [2.24, 2.45) is 0 Å². The first-order chi connectivity index (χ1) is 19.8. The normalized spacial score (nSPS) is 16.5. The van der Waals surface area contributed by atoms with Crippen molar-refractivity contribution < 1.29 is 49.4 Å². The molecular formula is C27H22F8N4O3. The molecule has 0 bridgehead atoms. The smallest absolute Gasteiger partial charge is 0.416 e. The number of nitrogens with zero attached hydrogens (tertiary/aromatic N) is 4. The Hall–Kier alpha value is -4.01. The first-order valence-electron chi connectivity index (χ1n) is 12.7. The third-order valence-corrected chi connectivity index (χ3v) is 6.68. The Labute approximate surface area is 233 Å². The Bertz CT molecular complexity index is 1460. The fourth-order valence-electron chi connectivity index (χ4n) is 4.67. The Balaban J connectivity index is 1.62. The van der Waals surface area contributed by atoms with Crippen molar-refractivity contribution in [3.63, 3.8) is 0 Å². The lowest BCUT2D eigenvalue weighted by Crippen LogP contribution is -2.38. The van der Waals surface area contributed by atoms with E-state index in [9.17, 15) is 35.5 Å². The molecule has 2 aliphatic heterocycles. The molecule has 3 heterocycles. The molecule has 1 amide bonds. The maximum atomic E-state index is 15.0. The highest BCUT2D eigenvalue weighted by atomic mass is 19.4. The van der Waals surface area contributed by atoms with Gasteiger partial charge < -0.3 is 19.3 Å². The molecule has 42 heavy (non-hydrogen) atoms. The monoisotopic (exact) mass is 602 g/mol. The number of fused-ring (bicyclic) bond motifs is 1. The Morgan fingerprint density at radius 1 is 0.833 bits per heavy atom. The third-order valence-electron chi connectivity index (χ3n) is 6.68. The van der Waals surface area contributed by atoms with Crippen LogP contribution in [0.2, 0.25) is 0 Å². The van der Waals surface area contributed by atoms with Crippen molar-refractivity contribution in [2.75, 3.05) is 44.4 Å². The molecule has 3 aromatic rings. The van der Waals surface area contributed by atoms with E-state index in [4.69, 9.17) is 9.47 Å². The summed E-state index contributed by atoms with van der Waals surface area (Å²) < 4.78 is 121. The minimum atomic E-state index is -5.08. The molecule has 1 aromatic heterocycles. The molecular weight excluding hydrogens is 580 g/mol. The van der Waals surface area contributed by atoms with Gasteiger partial charge >= 0.3 is 12.4 Å². The van der Waals surface area contributed by atoms with Crippen LogP contribution in [0.1, 0.15) is 33.5 Å². The molecule has 0 aliphatic carbocycles.